The van der Waals surface area contributed by atoms with Gasteiger partial charge >= 0.3 is 0 Å². The average molecular weight is 338 g/mol. The summed E-state index contributed by atoms with van der Waals surface area (Å²) in [6, 6.07) is 12.8. The van der Waals surface area contributed by atoms with Crippen LogP contribution in [0.2, 0.25) is 10.0 Å². The second-order valence-corrected chi connectivity index (χ2v) is 5.59. The van der Waals surface area contributed by atoms with Gasteiger partial charge in [-0.2, -0.15) is 0 Å². The number of hydrogen-bond acceptors (Lipinski definition) is 2. The number of benzene rings is 2. The van der Waals surface area contributed by atoms with E-state index in [0.717, 1.165) is 12.2 Å². The Morgan fingerprint density at radius 3 is 2.45 bits per heavy atom. The minimum atomic E-state index is -0.136. The van der Waals surface area contributed by atoms with E-state index in [2.05, 4.69) is 12.2 Å². The zero-order valence-electron chi connectivity index (χ0n) is 12.2. The van der Waals surface area contributed by atoms with Crippen molar-refractivity contribution in [1.29, 1.82) is 0 Å². The lowest BCUT2D eigenvalue weighted by molar-refractivity contribution is -0.116. The van der Waals surface area contributed by atoms with E-state index in [4.69, 9.17) is 27.9 Å². The van der Waals surface area contributed by atoms with Crippen LogP contribution in [-0.2, 0) is 11.2 Å². The molecule has 2 aromatic rings. The molecular weight excluding hydrogens is 321 g/mol. The second kappa shape index (κ2) is 8.06. The van der Waals surface area contributed by atoms with Crippen molar-refractivity contribution in [2.75, 3.05) is 11.9 Å². The molecule has 0 unspecified atom stereocenters. The summed E-state index contributed by atoms with van der Waals surface area (Å²) in [5.74, 6) is 0.628. The molecule has 0 saturated carbocycles. The van der Waals surface area contributed by atoms with E-state index in [1.54, 1.807) is 18.2 Å². The molecular formula is C17H17Cl2NO2. The van der Waals surface area contributed by atoms with Gasteiger partial charge in [-0.05, 0) is 42.3 Å². The van der Waals surface area contributed by atoms with E-state index >= 15 is 0 Å². The van der Waals surface area contributed by atoms with Gasteiger partial charge in [-0.25, -0.2) is 0 Å². The van der Waals surface area contributed by atoms with Crippen molar-refractivity contribution in [2.24, 2.45) is 0 Å². The molecule has 1 amide bonds. The van der Waals surface area contributed by atoms with Gasteiger partial charge in [0.05, 0.1) is 23.1 Å². The van der Waals surface area contributed by atoms with Gasteiger partial charge in [0.2, 0.25) is 5.91 Å². The normalized spacial score (nSPS) is 10.3. The van der Waals surface area contributed by atoms with Crippen molar-refractivity contribution in [3.8, 4) is 5.75 Å². The third-order valence-corrected chi connectivity index (χ3v) is 3.87. The number of anilines is 1. The Labute approximate surface area is 140 Å². The summed E-state index contributed by atoms with van der Waals surface area (Å²) >= 11 is 11.7. The number of aryl methyl sites for hydroxylation is 1. The van der Waals surface area contributed by atoms with Crippen LogP contribution in [0.1, 0.15) is 18.9 Å². The van der Waals surface area contributed by atoms with Crippen molar-refractivity contribution in [1.82, 2.24) is 0 Å². The highest BCUT2D eigenvalue weighted by atomic mass is 35.5. The molecule has 5 heteroatoms. The third kappa shape index (κ3) is 4.93. The molecule has 0 heterocycles. The molecule has 3 nitrogen and oxygen atoms in total. The molecule has 0 aliphatic heterocycles. The lowest BCUT2D eigenvalue weighted by atomic mass is 10.2. The van der Waals surface area contributed by atoms with Crippen molar-refractivity contribution < 1.29 is 9.53 Å². The van der Waals surface area contributed by atoms with Gasteiger partial charge in [0, 0.05) is 5.69 Å². The fourth-order valence-corrected chi connectivity index (χ4v) is 2.18. The third-order valence-electron chi connectivity index (χ3n) is 3.13. The van der Waals surface area contributed by atoms with Gasteiger partial charge in [0.25, 0.3) is 0 Å². The van der Waals surface area contributed by atoms with E-state index < -0.39 is 0 Å². The van der Waals surface area contributed by atoms with Crippen LogP contribution in [0.4, 0.5) is 5.69 Å². The standard InChI is InChI=1S/C17H17Cl2NO2/c1-2-12-3-6-14(7-4-12)22-10-9-17(21)20-13-5-8-15(18)16(19)11-13/h3-8,11H,2,9-10H2,1H3,(H,20,21). The minimum Gasteiger partial charge on any atom is -0.493 e. The largest absolute Gasteiger partial charge is 0.493 e. The Morgan fingerprint density at radius 1 is 1.09 bits per heavy atom. The van der Waals surface area contributed by atoms with Crippen molar-refractivity contribution >= 4 is 34.8 Å². The number of ether oxygens (including phenoxy) is 1. The molecule has 0 aliphatic carbocycles. The van der Waals surface area contributed by atoms with Crippen molar-refractivity contribution in [2.45, 2.75) is 19.8 Å². The summed E-state index contributed by atoms with van der Waals surface area (Å²) < 4.78 is 5.55. The monoisotopic (exact) mass is 337 g/mol. The van der Waals surface area contributed by atoms with Crippen LogP contribution in [0.5, 0.6) is 5.75 Å². The number of halogens is 2. The number of carbonyl (C=O) groups excluding carboxylic acids is 1. The molecule has 0 radical (unpaired) electrons. The van der Waals surface area contributed by atoms with Crippen LogP contribution in [0, 0.1) is 0 Å². The summed E-state index contributed by atoms with van der Waals surface area (Å²) in [4.78, 5) is 11.8. The molecule has 2 rings (SSSR count). The van der Waals surface area contributed by atoms with Crippen LogP contribution in [0.3, 0.4) is 0 Å². The van der Waals surface area contributed by atoms with Gasteiger partial charge in [0.15, 0.2) is 0 Å². The number of carbonyl (C=O) groups is 1. The van der Waals surface area contributed by atoms with Gasteiger partial charge in [-0.15, -0.1) is 0 Å². The Morgan fingerprint density at radius 2 is 1.82 bits per heavy atom. The van der Waals surface area contributed by atoms with E-state index in [9.17, 15) is 4.79 Å². The Hall–Kier alpha value is -1.71. The highest BCUT2D eigenvalue weighted by Crippen LogP contribution is 2.25. The van der Waals surface area contributed by atoms with Gasteiger partial charge < -0.3 is 10.1 Å². The van der Waals surface area contributed by atoms with Gasteiger partial charge in [-0.3, -0.25) is 4.79 Å². The fourth-order valence-electron chi connectivity index (χ4n) is 1.88. The number of amides is 1. The zero-order valence-corrected chi connectivity index (χ0v) is 13.7. The first kappa shape index (κ1) is 16.7. The molecule has 0 aliphatic rings. The van der Waals surface area contributed by atoms with E-state index in [1.165, 1.54) is 5.56 Å². The van der Waals surface area contributed by atoms with Crippen molar-refractivity contribution in [3.63, 3.8) is 0 Å². The SMILES string of the molecule is CCc1ccc(OCCC(=O)Nc2ccc(Cl)c(Cl)c2)cc1. The Balaban J connectivity index is 1.78. The van der Waals surface area contributed by atoms with Crippen LogP contribution in [0.15, 0.2) is 42.5 Å². The smallest absolute Gasteiger partial charge is 0.227 e. The molecule has 2 aromatic carbocycles. The average Bonchev–Trinajstić information content (AvgIpc) is 2.51. The summed E-state index contributed by atoms with van der Waals surface area (Å²) in [5, 5.41) is 3.62. The first-order valence-electron chi connectivity index (χ1n) is 7.05. The first-order chi connectivity index (χ1) is 10.6. The van der Waals surface area contributed by atoms with Gasteiger partial charge in [-0.1, -0.05) is 42.3 Å². The lowest BCUT2D eigenvalue weighted by Gasteiger charge is -2.08. The zero-order chi connectivity index (χ0) is 15.9. The predicted molar refractivity (Wildman–Crippen MR) is 91.0 cm³/mol. The molecule has 0 fully saturated rings. The fraction of sp³-hybridized carbons (Fsp3) is 0.235. The maximum absolute atomic E-state index is 11.8. The Bertz CT molecular complexity index is 642. The van der Waals surface area contributed by atoms with E-state index in [0.29, 0.717) is 22.3 Å². The van der Waals surface area contributed by atoms with Gasteiger partial charge in [0.1, 0.15) is 5.75 Å². The second-order valence-electron chi connectivity index (χ2n) is 4.77. The van der Waals surface area contributed by atoms with Crippen LogP contribution in [0.25, 0.3) is 0 Å². The number of rotatable bonds is 6. The van der Waals surface area contributed by atoms with Crippen LogP contribution in [-0.4, -0.2) is 12.5 Å². The summed E-state index contributed by atoms with van der Waals surface area (Å²) in [7, 11) is 0. The molecule has 0 spiro atoms. The van der Waals surface area contributed by atoms with Crippen molar-refractivity contribution in [3.05, 3.63) is 58.1 Å². The number of hydrogen-bond donors (Lipinski definition) is 1. The van der Waals surface area contributed by atoms with Crippen LogP contribution < -0.4 is 10.1 Å². The molecule has 22 heavy (non-hydrogen) atoms. The minimum absolute atomic E-state index is 0.136. The van der Waals surface area contributed by atoms with E-state index in [-0.39, 0.29) is 12.3 Å². The first-order valence-corrected chi connectivity index (χ1v) is 7.80. The topological polar surface area (TPSA) is 38.3 Å². The summed E-state index contributed by atoms with van der Waals surface area (Å²) in [6.07, 6.45) is 1.25. The molecule has 0 saturated heterocycles. The summed E-state index contributed by atoms with van der Waals surface area (Å²) in [6.45, 7) is 2.42. The Kier molecular flexibility index (Phi) is 6.10. The lowest BCUT2D eigenvalue weighted by Crippen LogP contribution is -2.15. The highest BCUT2D eigenvalue weighted by Gasteiger charge is 2.05. The maximum atomic E-state index is 11.8. The molecule has 0 bridgehead atoms. The highest BCUT2D eigenvalue weighted by molar-refractivity contribution is 6.42. The number of nitrogens with one attached hydrogen (secondary N) is 1. The predicted octanol–water partition coefficient (Wildman–Crippen LogP) is 4.96. The molecule has 0 aromatic heterocycles. The molecule has 116 valence electrons. The molecule has 0 atom stereocenters. The quantitative estimate of drug-likeness (QED) is 0.808. The van der Waals surface area contributed by atoms with Crippen LogP contribution >= 0.6 is 23.2 Å². The molecule has 1 N–H and O–H groups in total. The van der Waals surface area contributed by atoms with E-state index in [1.807, 2.05) is 24.3 Å². The maximum Gasteiger partial charge on any atom is 0.227 e. The summed E-state index contributed by atoms with van der Waals surface area (Å²) in [5.41, 5.74) is 1.87.